The maximum absolute atomic E-state index is 13.0. The summed E-state index contributed by atoms with van der Waals surface area (Å²) in [5, 5.41) is 9.84. The van der Waals surface area contributed by atoms with Crippen molar-refractivity contribution in [3.63, 3.8) is 0 Å². The molecule has 0 aromatic carbocycles. The van der Waals surface area contributed by atoms with Crippen molar-refractivity contribution in [2.24, 2.45) is 5.84 Å². The number of aromatic nitrogens is 2. The van der Waals surface area contributed by atoms with Gasteiger partial charge in [0.1, 0.15) is 17.2 Å². The van der Waals surface area contributed by atoms with Crippen molar-refractivity contribution in [2.75, 3.05) is 0 Å². The van der Waals surface area contributed by atoms with Gasteiger partial charge < -0.3 is 5.11 Å². The topological polar surface area (TPSA) is 127 Å². The second kappa shape index (κ2) is 6.33. The molecule has 0 saturated carbocycles. The van der Waals surface area contributed by atoms with E-state index in [0.29, 0.717) is 34.4 Å². The Morgan fingerprint density at radius 3 is 2.88 bits per heavy atom. The number of aryl methyl sites for hydroxylation is 2. The van der Waals surface area contributed by atoms with Crippen molar-refractivity contribution in [3.8, 4) is 0 Å². The number of fused-ring (bicyclic) bond motifs is 3. The van der Waals surface area contributed by atoms with Gasteiger partial charge in [0.25, 0.3) is 11.5 Å². The number of hydrogen-bond donors (Lipinski definition) is 3. The van der Waals surface area contributed by atoms with Crippen LogP contribution < -0.4 is 16.8 Å². The second-order valence-electron chi connectivity index (χ2n) is 5.74. The van der Waals surface area contributed by atoms with E-state index in [0.717, 1.165) is 17.7 Å². The lowest BCUT2D eigenvalue weighted by Crippen LogP contribution is -2.38. The van der Waals surface area contributed by atoms with Gasteiger partial charge in [0.05, 0.1) is 11.3 Å². The van der Waals surface area contributed by atoms with Crippen LogP contribution in [0.1, 0.15) is 41.9 Å². The van der Waals surface area contributed by atoms with Gasteiger partial charge in [-0.05, 0) is 24.8 Å². The lowest BCUT2D eigenvalue weighted by Gasteiger charge is -2.19. The summed E-state index contributed by atoms with van der Waals surface area (Å²) in [4.78, 5) is 42.2. The van der Waals surface area contributed by atoms with Crippen molar-refractivity contribution in [2.45, 2.75) is 45.1 Å². The number of nitrogens with zero attached hydrogens (tertiary/aromatic N) is 2. The molecule has 1 aliphatic rings. The Kier molecular flexibility index (Phi) is 4.37. The maximum atomic E-state index is 13.0. The molecule has 1 atom stereocenters. The van der Waals surface area contributed by atoms with Gasteiger partial charge in [0.15, 0.2) is 0 Å². The van der Waals surface area contributed by atoms with E-state index in [1.807, 2.05) is 12.3 Å². The van der Waals surface area contributed by atoms with Crippen molar-refractivity contribution in [1.29, 1.82) is 0 Å². The maximum Gasteiger partial charge on any atom is 0.311 e. The monoisotopic (exact) mass is 350 g/mol. The third-order valence-corrected chi connectivity index (χ3v) is 5.49. The van der Waals surface area contributed by atoms with Crippen LogP contribution in [0, 0.1) is 0 Å². The standard InChI is InChI=1S/C15H18N4O4S/c1-2-9-17-13-12(14(21)19(9)6-10(20)18-16)11-7(15(22)23)4-3-5-8(11)24-13/h7H,2-6,16H2,1H3,(H,18,20)(H,22,23). The molecule has 2 aromatic heterocycles. The quantitative estimate of drug-likeness (QED) is 0.419. The van der Waals surface area contributed by atoms with Crippen LogP contribution in [0.4, 0.5) is 0 Å². The fourth-order valence-corrected chi connectivity index (χ4v) is 4.51. The van der Waals surface area contributed by atoms with E-state index < -0.39 is 17.8 Å². The largest absolute Gasteiger partial charge is 0.481 e. The molecule has 1 amide bonds. The molecule has 24 heavy (non-hydrogen) atoms. The van der Waals surface area contributed by atoms with Gasteiger partial charge in [-0.15, -0.1) is 11.3 Å². The highest BCUT2D eigenvalue weighted by molar-refractivity contribution is 7.18. The van der Waals surface area contributed by atoms with Gasteiger partial charge in [-0.2, -0.15) is 0 Å². The Balaban J connectivity index is 2.29. The molecule has 4 N–H and O–H groups in total. The Hall–Kier alpha value is -2.26. The smallest absolute Gasteiger partial charge is 0.311 e. The zero-order valence-corrected chi connectivity index (χ0v) is 14.0. The first-order valence-corrected chi connectivity index (χ1v) is 8.56. The fourth-order valence-electron chi connectivity index (χ4n) is 3.23. The van der Waals surface area contributed by atoms with Gasteiger partial charge in [-0.1, -0.05) is 6.92 Å². The van der Waals surface area contributed by atoms with Gasteiger partial charge in [-0.25, -0.2) is 10.8 Å². The number of carbonyl (C=O) groups excluding carboxylic acids is 1. The number of aliphatic carboxylic acids is 1. The van der Waals surface area contributed by atoms with Gasteiger partial charge >= 0.3 is 5.97 Å². The van der Waals surface area contributed by atoms with Gasteiger partial charge in [0, 0.05) is 11.3 Å². The third-order valence-electron chi connectivity index (χ3n) is 4.33. The zero-order chi connectivity index (χ0) is 17.4. The van der Waals surface area contributed by atoms with Crippen molar-refractivity contribution < 1.29 is 14.7 Å². The molecule has 0 radical (unpaired) electrons. The van der Waals surface area contributed by atoms with Crippen LogP contribution in [-0.4, -0.2) is 26.5 Å². The summed E-state index contributed by atoms with van der Waals surface area (Å²) >= 11 is 1.38. The lowest BCUT2D eigenvalue weighted by atomic mass is 9.86. The summed E-state index contributed by atoms with van der Waals surface area (Å²) < 4.78 is 1.28. The molecule has 0 spiro atoms. The van der Waals surface area contributed by atoms with Gasteiger partial charge in [-0.3, -0.25) is 24.4 Å². The minimum Gasteiger partial charge on any atom is -0.481 e. The number of rotatable bonds is 4. The van der Waals surface area contributed by atoms with E-state index in [4.69, 9.17) is 5.84 Å². The van der Waals surface area contributed by atoms with Crippen LogP contribution >= 0.6 is 11.3 Å². The normalized spacial score (nSPS) is 16.8. The van der Waals surface area contributed by atoms with Crippen molar-refractivity contribution in [3.05, 3.63) is 26.6 Å². The molecule has 2 heterocycles. The molecule has 1 unspecified atom stereocenters. The Labute approximate surface area is 141 Å². The Bertz CT molecular complexity index is 886. The number of carbonyl (C=O) groups is 2. The number of hydrazine groups is 1. The molecule has 0 fully saturated rings. The predicted molar refractivity (Wildman–Crippen MR) is 88.9 cm³/mol. The number of hydrogen-bond acceptors (Lipinski definition) is 6. The highest BCUT2D eigenvalue weighted by atomic mass is 32.1. The van der Waals surface area contributed by atoms with Crippen LogP contribution in [0.25, 0.3) is 10.2 Å². The minimum atomic E-state index is -0.930. The highest BCUT2D eigenvalue weighted by Gasteiger charge is 2.32. The van der Waals surface area contributed by atoms with Crippen LogP contribution in [-0.2, 0) is 29.0 Å². The van der Waals surface area contributed by atoms with E-state index >= 15 is 0 Å². The molecular weight excluding hydrogens is 332 g/mol. The highest BCUT2D eigenvalue weighted by Crippen LogP contribution is 2.40. The number of thiophene rings is 1. The van der Waals surface area contributed by atoms with Crippen LogP contribution in [0.5, 0.6) is 0 Å². The molecule has 128 valence electrons. The van der Waals surface area contributed by atoms with E-state index in [2.05, 4.69) is 4.98 Å². The molecule has 2 aromatic rings. The first-order valence-electron chi connectivity index (χ1n) is 7.75. The number of nitrogens with two attached hydrogens (primary N) is 1. The summed E-state index contributed by atoms with van der Waals surface area (Å²) in [6, 6.07) is 0. The average molecular weight is 350 g/mol. The third kappa shape index (κ3) is 2.59. The van der Waals surface area contributed by atoms with Crippen LogP contribution in [0.15, 0.2) is 4.79 Å². The zero-order valence-electron chi connectivity index (χ0n) is 13.2. The second-order valence-corrected chi connectivity index (χ2v) is 6.83. The first kappa shape index (κ1) is 16.6. The molecule has 0 bridgehead atoms. The SMILES string of the molecule is CCc1nc2sc3c(c2c(=O)n1CC(=O)NN)C(C(=O)O)CCC3. The Morgan fingerprint density at radius 1 is 1.50 bits per heavy atom. The van der Waals surface area contributed by atoms with Crippen molar-refractivity contribution in [1.82, 2.24) is 15.0 Å². The fraction of sp³-hybridized carbons (Fsp3) is 0.467. The number of carboxylic acid groups (broad SMARTS) is 1. The van der Waals surface area contributed by atoms with Gasteiger partial charge in [0.2, 0.25) is 0 Å². The molecule has 9 heteroatoms. The summed E-state index contributed by atoms with van der Waals surface area (Å²) in [6.45, 7) is 1.61. The lowest BCUT2D eigenvalue weighted by molar-refractivity contribution is -0.139. The minimum absolute atomic E-state index is 0.232. The van der Waals surface area contributed by atoms with E-state index in [-0.39, 0.29) is 12.1 Å². The van der Waals surface area contributed by atoms with Crippen molar-refractivity contribution >= 4 is 33.4 Å². The number of amides is 1. The first-order chi connectivity index (χ1) is 11.5. The molecular formula is C15H18N4O4S. The summed E-state index contributed by atoms with van der Waals surface area (Å²) in [5.41, 5.74) is 2.22. The average Bonchev–Trinajstić information content (AvgIpc) is 2.95. The molecule has 0 aliphatic heterocycles. The number of carboxylic acids is 1. The molecule has 0 saturated heterocycles. The summed E-state index contributed by atoms with van der Waals surface area (Å²) in [6.07, 6.45) is 2.52. The van der Waals surface area contributed by atoms with Crippen LogP contribution in [0.3, 0.4) is 0 Å². The van der Waals surface area contributed by atoms with E-state index in [1.54, 1.807) is 0 Å². The van der Waals surface area contributed by atoms with E-state index in [9.17, 15) is 19.5 Å². The Morgan fingerprint density at radius 2 is 2.25 bits per heavy atom. The summed E-state index contributed by atoms with van der Waals surface area (Å²) in [5.74, 6) is 3.47. The molecule has 8 nitrogen and oxygen atoms in total. The molecule has 1 aliphatic carbocycles. The number of nitrogens with one attached hydrogen (secondary N) is 1. The molecule has 3 rings (SSSR count). The van der Waals surface area contributed by atoms with E-state index in [1.165, 1.54) is 15.9 Å². The van der Waals surface area contributed by atoms with Crippen LogP contribution in [0.2, 0.25) is 0 Å². The predicted octanol–water partition coefficient (Wildman–Crippen LogP) is 0.515. The summed E-state index contributed by atoms with van der Waals surface area (Å²) in [7, 11) is 0.